The molecule has 2 fully saturated rings. The van der Waals surface area contributed by atoms with Crippen molar-refractivity contribution in [2.75, 3.05) is 48.0 Å². The lowest BCUT2D eigenvalue weighted by Gasteiger charge is -2.41. The smallest absolute Gasteiger partial charge is 0.340 e. The highest BCUT2D eigenvalue weighted by Gasteiger charge is 2.47. The predicted molar refractivity (Wildman–Crippen MR) is 139 cm³/mol. The van der Waals surface area contributed by atoms with Crippen molar-refractivity contribution in [3.8, 4) is 0 Å². The minimum absolute atomic E-state index is 0.0675. The van der Waals surface area contributed by atoms with Gasteiger partial charge in [0.1, 0.15) is 29.3 Å². The Bertz CT molecular complexity index is 1020. The van der Waals surface area contributed by atoms with Crippen molar-refractivity contribution in [2.24, 2.45) is 11.3 Å². The van der Waals surface area contributed by atoms with Gasteiger partial charge in [-0.3, -0.25) is 0 Å². The van der Waals surface area contributed by atoms with E-state index in [4.69, 9.17) is 14.2 Å². The van der Waals surface area contributed by atoms with Gasteiger partial charge in [-0.2, -0.15) is 0 Å². The highest BCUT2D eigenvalue weighted by Crippen LogP contribution is 2.44. The molecule has 1 aromatic rings. The summed E-state index contributed by atoms with van der Waals surface area (Å²) in [6, 6.07) is 3.03. The molecule has 7 nitrogen and oxygen atoms in total. The first-order valence-corrected chi connectivity index (χ1v) is 13.4. The van der Waals surface area contributed by atoms with Crippen LogP contribution in [0.1, 0.15) is 60.3 Å². The number of hydrogen-bond acceptors (Lipinski definition) is 7. The number of hydrogen-bond donors (Lipinski definition) is 1. The van der Waals surface area contributed by atoms with Crippen LogP contribution in [0.25, 0.3) is 0 Å². The third-order valence-corrected chi connectivity index (χ3v) is 8.35. The molecule has 0 aromatic heterocycles. The van der Waals surface area contributed by atoms with Crippen molar-refractivity contribution in [3.05, 3.63) is 29.3 Å². The Hall–Kier alpha value is -2.48. The fourth-order valence-corrected chi connectivity index (χ4v) is 6.20. The molecule has 1 N–H and O–H groups in total. The quantitative estimate of drug-likeness (QED) is 0.579. The first kappa shape index (κ1) is 25.2. The van der Waals surface area contributed by atoms with Gasteiger partial charge in [0.25, 0.3) is 0 Å². The maximum Gasteiger partial charge on any atom is 0.340 e. The van der Waals surface area contributed by atoms with E-state index in [1.54, 1.807) is 6.07 Å². The van der Waals surface area contributed by atoms with Crippen LogP contribution in [0.4, 0.5) is 21.5 Å². The molecule has 0 unspecified atom stereocenters. The van der Waals surface area contributed by atoms with Crippen LogP contribution >= 0.6 is 0 Å². The van der Waals surface area contributed by atoms with Crippen molar-refractivity contribution < 1.29 is 23.4 Å². The van der Waals surface area contributed by atoms with Crippen LogP contribution in [-0.4, -0.2) is 57.2 Å². The van der Waals surface area contributed by atoms with Crippen molar-refractivity contribution in [2.45, 2.75) is 78.7 Å². The van der Waals surface area contributed by atoms with Crippen molar-refractivity contribution in [3.63, 3.8) is 0 Å². The van der Waals surface area contributed by atoms with E-state index in [2.05, 4.69) is 31.0 Å². The van der Waals surface area contributed by atoms with Crippen LogP contribution in [0.15, 0.2) is 23.5 Å². The molecule has 3 heterocycles. The van der Waals surface area contributed by atoms with Crippen LogP contribution in [0.5, 0.6) is 0 Å². The Kier molecular flexibility index (Phi) is 6.83. The molecular weight excluding hydrogens is 461 g/mol. The van der Waals surface area contributed by atoms with Gasteiger partial charge in [0, 0.05) is 25.7 Å². The Morgan fingerprint density at radius 3 is 2.47 bits per heavy atom. The van der Waals surface area contributed by atoms with Crippen molar-refractivity contribution in [1.29, 1.82) is 0 Å². The molecule has 0 spiro atoms. The number of morpholine rings is 1. The zero-order valence-corrected chi connectivity index (χ0v) is 22.2. The summed E-state index contributed by atoms with van der Waals surface area (Å²) < 4.78 is 32.9. The average molecular weight is 502 g/mol. The highest BCUT2D eigenvalue weighted by molar-refractivity contribution is 5.93. The van der Waals surface area contributed by atoms with Gasteiger partial charge in [-0.15, -0.1) is 0 Å². The monoisotopic (exact) mass is 501 g/mol. The Balaban J connectivity index is 1.33. The largest absolute Gasteiger partial charge is 0.472 e. The van der Waals surface area contributed by atoms with E-state index < -0.39 is 6.04 Å². The van der Waals surface area contributed by atoms with Gasteiger partial charge in [0.05, 0.1) is 30.3 Å². The number of fused-ring (bicyclic) bond motifs is 2. The van der Waals surface area contributed by atoms with Crippen LogP contribution in [0, 0.1) is 17.2 Å². The number of nitrogens with one attached hydrogen (secondary N) is 1. The van der Waals surface area contributed by atoms with E-state index in [0.717, 1.165) is 31.4 Å². The zero-order chi connectivity index (χ0) is 25.6. The summed E-state index contributed by atoms with van der Waals surface area (Å²) in [6.45, 7) is 13.9. The predicted octanol–water partition coefficient (Wildman–Crippen LogP) is 5.06. The third kappa shape index (κ3) is 4.64. The Morgan fingerprint density at radius 2 is 1.83 bits per heavy atom. The number of esters is 1. The molecule has 1 saturated carbocycles. The average Bonchev–Trinajstić information content (AvgIpc) is 3.17. The van der Waals surface area contributed by atoms with Crippen molar-refractivity contribution in [1.82, 2.24) is 0 Å². The summed E-state index contributed by atoms with van der Waals surface area (Å²) in [5.74, 6) is 0.624. The number of halogens is 1. The number of carbonyl (C=O) groups excluding carboxylic acids is 1. The van der Waals surface area contributed by atoms with Gasteiger partial charge in [0.15, 0.2) is 6.23 Å². The number of anilines is 3. The van der Waals surface area contributed by atoms with Gasteiger partial charge in [-0.25, -0.2) is 9.18 Å². The van der Waals surface area contributed by atoms with E-state index in [0.29, 0.717) is 61.5 Å². The van der Waals surface area contributed by atoms with Gasteiger partial charge < -0.3 is 29.3 Å². The normalized spacial score (nSPS) is 28.3. The molecule has 0 amide bonds. The van der Waals surface area contributed by atoms with Gasteiger partial charge in [-0.1, -0.05) is 20.8 Å². The molecule has 2 atom stereocenters. The number of rotatable bonds is 4. The molecule has 5 rings (SSSR count). The first-order valence-electron chi connectivity index (χ1n) is 13.4. The van der Waals surface area contributed by atoms with E-state index in [1.165, 1.54) is 0 Å². The molecule has 4 aliphatic rings. The fraction of sp³-hybridized carbons (Fsp3) is 0.679. The van der Waals surface area contributed by atoms with Crippen LogP contribution in [0.2, 0.25) is 0 Å². The standard InChI is InChI=1S/C28H40FN3O4/c1-6-32-23-16-22(31-11-13-34-14-12-31)20(29)15-21(23)30-25-24(17(2)35-26(25)32)27(33)36-19-9-7-18(8-10-19)28(3,4)5/h15-16,18-19,25-26,30H,6-14H2,1-5H3/t18?,19?,25-,26-/m1/s1. The molecule has 198 valence electrons. The summed E-state index contributed by atoms with van der Waals surface area (Å²) >= 11 is 0. The highest BCUT2D eigenvalue weighted by atomic mass is 19.1. The zero-order valence-electron chi connectivity index (χ0n) is 22.2. The molecular formula is C28H40FN3O4. The SMILES string of the molecule is CCN1c2cc(N3CCOCC3)c(F)cc2N[C@@H]2C(C(=O)OC3CCC(C(C)(C)C)CC3)=C(C)O[C@H]21. The summed E-state index contributed by atoms with van der Waals surface area (Å²) in [6.07, 6.45) is 3.47. The van der Waals surface area contributed by atoms with Crippen LogP contribution in [-0.2, 0) is 19.0 Å². The Morgan fingerprint density at radius 1 is 1.14 bits per heavy atom. The molecule has 1 aromatic carbocycles. The summed E-state index contributed by atoms with van der Waals surface area (Å²) in [7, 11) is 0. The second-order valence-electron chi connectivity index (χ2n) is 11.6. The first-order chi connectivity index (χ1) is 17.2. The third-order valence-electron chi connectivity index (χ3n) is 8.35. The van der Waals surface area contributed by atoms with E-state index in [1.807, 2.05) is 24.8 Å². The van der Waals surface area contributed by atoms with E-state index in [-0.39, 0.29) is 29.5 Å². The summed E-state index contributed by atoms with van der Waals surface area (Å²) in [5, 5.41) is 3.41. The van der Waals surface area contributed by atoms with Gasteiger partial charge in [0.2, 0.25) is 0 Å². The topological polar surface area (TPSA) is 63.3 Å². The number of benzene rings is 1. The van der Waals surface area contributed by atoms with E-state index in [9.17, 15) is 4.79 Å². The lowest BCUT2D eigenvalue weighted by atomic mass is 9.72. The van der Waals surface area contributed by atoms with Crippen LogP contribution < -0.4 is 15.1 Å². The second-order valence-corrected chi connectivity index (χ2v) is 11.6. The summed E-state index contributed by atoms with van der Waals surface area (Å²) in [5.41, 5.74) is 2.91. The number of carbonyl (C=O) groups is 1. The van der Waals surface area contributed by atoms with E-state index >= 15 is 4.39 Å². The molecule has 36 heavy (non-hydrogen) atoms. The number of ether oxygens (including phenoxy) is 3. The number of nitrogens with zero attached hydrogens (tertiary/aromatic N) is 2. The maximum atomic E-state index is 15.2. The minimum Gasteiger partial charge on any atom is -0.472 e. The second kappa shape index (κ2) is 9.77. The molecule has 3 aliphatic heterocycles. The molecule has 8 heteroatoms. The summed E-state index contributed by atoms with van der Waals surface area (Å²) in [4.78, 5) is 17.5. The Labute approximate surface area is 213 Å². The molecule has 0 bridgehead atoms. The number of allylic oxidation sites excluding steroid dienone is 1. The maximum absolute atomic E-state index is 15.2. The lowest BCUT2D eigenvalue weighted by molar-refractivity contribution is -0.146. The number of likely N-dealkylation sites (N-methyl/N-ethyl adjacent to an activating group) is 1. The van der Waals surface area contributed by atoms with Gasteiger partial charge >= 0.3 is 5.97 Å². The fourth-order valence-electron chi connectivity index (χ4n) is 6.20. The van der Waals surface area contributed by atoms with Gasteiger partial charge in [-0.05, 0) is 56.9 Å². The van der Waals surface area contributed by atoms with Crippen molar-refractivity contribution >= 4 is 23.0 Å². The lowest BCUT2D eigenvalue weighted by Crippen LogP contribution is -2.51. The molecule has 0 radical (unpaired) electrons. The van der Waals surface area contributed by atoms with Crippen LogP contribution in [0.3, 0.4) is 0 Å². The molecule has 1 aliphatic carbocycles. The molecule has 1 saturated heterocycles. The minimum atomic E-state index is -0.412.